The van der Waals surface area contributed by atoms with Gasteiger partial charge in [-0.15, -0.1) is 0 Å². The van der Waals surface area contributed by atoms with E-state index in [9.17, 15) is 14.4 Å². The lowest BCUT2D eigenvalue weighted by Crippen LogP contribution is -2.44. The van der Waals surface area contributed by atoms with E-state index in [2.05, 4.69) is 0 Å². The first-order valence-electron chi connectivity index (χ1n) is 14.5. The molecule has 1 unspecified atom stereocenters. The summed E-state index contributed by atoms with van der Waals surface area (Å²) in [5, 5.41) is 9.05. The molecule has 1 N–H and O–H groups in total. The minimum absolute atomic E-state index is 0.000916. The molecule has 43 heavy (non-hydrogen) atoms. The molecule has 0 radical (unpaired) electrons. The number of carbonyl (C=O) groups excluding carboxylic acids is 2. The number of carboxylic acid groups (broad SMARTS) is 1. The largest absolute Gasteiger partial charge is 0.489 e. The van der Waals surface area contributed by atoms with Crippen LogP contribution in [0, 0.1) is 0 Å². The van der Waals surface area contributed by atoms with E-state index in [0.29, 0.717) is 73.6 Å². The lowest BCUT2D eigenvalue weighted by atomic mass is 10.2. The molecule has 12 heteroatoms. The van der Waals surface area contributed by atoms with E-state index >= 15 is 0 Å². The number of likely N-dealkylation sites (tertiary alicyclic amines) is 1. The molecule has 3 heterocycles. The average Bonchev–Trinajstić information content (AvgIpc) is 3.53. The molecule has 3 aliphatic heterocycles. The van der Waals surface area contributed by atoms with Crippen LogP contribution in [-0.4, -0.2) is 83.2 Å². The second-order valence-electron chi connectivity index (χ2n) is 11.6. The molecule has 1 atom stereocenters. The Labute approximate surface area is 250 Å². The SMILES string of the molecule is CC1(C)Oc2cccc(OCCCN(CCCOc3cccc4c3OC(C)(C)O4)C3CC(=O)N(CCC(=O)O)C3=O)c2O1. The maximum absolute atomic E-state index is 13.2. The van der Waals surface area contributed by atoms with Gasteiger partial charge in [-0.2, -0.15) is 0 Å². The standard InChI is InChI=1S/C31H38N2O10/c1-30(2)40-23-11-5-9-21(27(23)42-30)38-17-7-14-32(20-19-25(34)33(29(20)37)16-13-26(35)36)15-8-18-39-22-10-6-12-24-28(22)43-31(3,4)41-24/h5-6,9-12,20H,7-8,13-19H2,1-4H3,(H,35,36). The van der Waals surface area contributed by atoms with Crippen molar-refractivity contribution in [3.63, 3.8) is 0 Å². The fourth-order valence-electron chi connectivity index (χ4n) is 5.36. The number of hydrogen-bond donors (Lipinski definition) is 1. The van der Waals surface area contributed by atoms with Gasteiger partial charge in [-0.25, -0.2) is 0 Å². The Morgan fingerprint density at radius 1 is 0.884 bits per heavy atom. The van der Waals surface area contributed by atoms with Crippen molar-refractivity contribution in [2.45, 2.75) is 71.0 Å². The van der Waals surface area contributed by atoms with Crippen LogP contribution in [0.25, 0.3) is 0 Å². The van der Waals surface area contributed by atoms with Crippen LogP contribution in [0.3, 0.4) is 0 Å². The van der Waals surface area contributed by atoms with Gasteiger partial charge in [0.25, 0.3) is 0 Å². The normalized spacial score (nSPS) is 19.3. The number of nitrogens with zero attached hydrogens (tertiary/aromatic N) is 2. The summed E-state index contributed by atoms with van der Waals surface area (Å²) in [4.78, 5) is 39.9. The Morgan fingerprint density at radius 3 is 1.88 bits per heavy atom. The molecule has 232 valence electrons. The number of aliphatic carboxylic acids is 1. The molecule has 0 bridgehead atoms. The topological polar surface area (TPSA) is 133 Å². The first-order chi connectivity index (χ1) is 20.4. The summed E-state index contributed by atoms with van der Waals surface area (Å²) in [6.07, 6.45) is 0.835. The predicted molar refractivity (Wildman–Crippen MR) is 153 cm³/mol. The van der Waals surface area contributed by atoms with Gasteiger partial charge in [-0.05, 0) is 37.1 Å². The zero-order chi connectivity index (χ0) is 30.8. The molecule has 3 aliphatic rings. The van der Waals surface area contributed by atoms with Crippen LogP contribution in [0.15, 0.2) is 36.4 Å². The smallest absolute Gasteiger partial charge is 0.305 e. The van der Waals surface area contributed by atoms with Crippen LogP contribution < -0.4 is 28.4 Å². The average molecular weight is 599 g/mol. The number of ether oxygens (including phenoxy) is 6. The highest BCUT2D eigenvalue weighted by atomic mass is 16.7. The molecule has 0 saturated carbocycles. The van der Waals surface area contributed by atoms with Crippen LogP contribution in [-0.2, 0) is 14.4 Å². The highest BCUT2D eigenvalue weighted by Crippen LogP contribution is 2.46. The van der Waals surface area contributed by atoms with E-state index in [0.717, 1.165) is 4.90 Å². The van der Waals surface area contributed by atoms with E-state index in [-0.39, 0.29) is 31.2 Å². The number of benzene rings is 2. The highest BCUT2D eigenvalue weighted by Gasteiger charge is 2.42. The van der Waals surface area contributed by atoms with Gasteiger partial charge in [0.05, 0.1) is 32.1 Å². The second kappa shape index (κ2) is 12.2. The molecule has 12 nitrogen and oxygen atoms in total. The van der Waals surface area contributed by atoms with Gasteiger partial charge in [0, 0.05) is 47.3 Å². The van der Waals surface area contributed by atoms with Crippen molar-refractivity contribution in [1.82, 2.24) is 9.80 Å². The van der Waals surface area contributed by atoms with E-state index in [1.54, 1.807) is 0 Å². The Morgan fingerprint density at radius 2 is 1.40 bits per heavy atom. The van der Waals surface area contributed by atoms with Gasteiger partial charge in [0.1, 0.15) is 0 Å². The first kappa shape index (κ1) is 30.3. The van der Waals surface area contributed by atoms with Crippen LogP contribution in [0.1, 0.15) is 53.4 Å². The maximum Gasteiger partial charge on any atom is 0.305 e. The summed E-state index contributed by atoms with van der Waals surface area (Å²) >= 11 is 0. The minimum Gasteiger partial charge on any atom is -0.489 e. The van der Waals surface area contributed by atoms with E-state index in [1.807, 2.05) is 69.0 Å². The zero-order valence-electron chi connectivity index (χ0n) is 24.9. The predicted octanol–water partition coefficient (Wildman–Crippen LogP) is 3.84. The monoisotopic (exact) mass is 598 g/mol. The summed E-state index contributed by atoms with van der Waals surface area (Å²) in [5.74, 6) is 0.105. The van der Waals surface area contributed by atoms with Crippen LogP contribution >= 0.6 is 0 Å². The van der Waals surface area contributed by atoms with E-state index in [1.165, 1.54) is 0 Å². The number of imide groups is 1. The van der Waals surface area contributed by atoms with Crippen molar-refractivity contribution < 1.29 is 47.9 Å². The first-order valence-corrected chi connectivity index (χ1v) is 14.5. The highest BCUT2D eigenvalue weighted by molar-refractivity contribution is 6.05. The van der Waals surface area contributed by atoms with Crippen molar-refractivity contribution in [3.05, 3.63) is 36.4 Å². The van der Waals surface area contributed by atoms with Crippen LogP contribution in [0.5, 0.6) is 34.5 Å². The van der Waals surface area contributed by atoms with Gasteiger partial charge < -0.3 is 33.5 Å². The number of carboxylic acids is 1. The molecular formula is C31H38N2O10. The van der Waals surface area contributed by atoms with Gasteiger partial charge in [0.15, 0.2) is 23.0 Å². The number of hydrogen-bond acceptors (Lipinski definition) is 10. The quantitative estimate of drug-likeness (QED) is 0.251. The molecule has 1 saturated heterocycles. The number of carbonyl (C=O) groups is 3. The molecule has 0 spiro atoms. The Hall–Kier alpha value is -4.19. The summed E-state index contributed by atoms with van der Waals surface area (Å²) in [7, 11) is 0. The second-order valence-corrected chi connectivity index (χ2v) is 11.6. The fraction of sp³-hybridized carbons (Fsp3) is 0.516. The van der Waals surface area contributed by atoms with Gasteiger partial charge in [0.2, 0.25) is 34.9 Å². The Balaban J connectivity index is 1.19. The third kappa shape index (κ3) is 7.07. The maximum atomic E-state index is 13.2. The molecule has 0 aliphatic carbocycles. The Kier molecular flexibility index (Phi) is 8.59. The lowest BCUT2D eigenvalue weighted by molar-refractivity contribution is -0.142. The lowest BCUT2D eigenvalue weighted by Gasteiger charge is -2.27. The van der Waals surface area contributed by atoms with Crippen molar-refractivity contribution in [2.24, 2.45) is 0 Å². The third-order valence-corrected chi connectivity index (χ3v) is 7.20. The van der Waals surface area contributed by atoms with Crippen LogP contribution in [0.2, 0.25) is 0 Å². The van der Waals surface area contributed by atoms with Gasteiger partial charge in [-0.1, -0.05) is 12.1 Å². The summed E-state index contributed by atoms with van der Waals surface area (Å²) < 4.78 is 35.4. The molecule has 2 aromatic carbocycles. The van der Waals surface area contributed by atoms with E-state index < -0.39 is 23.6 Å². The number of fused-ring (bicyclic) bond motifs is 2. The number of para-hydroxylation sites is 2. The number of amides is 2. The molecule has 1 fully saturated rings. The Bertz CT molecular complexity index is 1300. The van der Waals surface area contributed by atoms with Crippen molar-refractivity contribution >= 4 is 17.8 Å². The summed E-state index contributed by atoms with van der Waals surface area (Å²) in [5.41, 5.74) is 0. The molecule has 2 aromatic rings. The number of rotatable bonds is 14. The van der Waals surface area contributed by atoms with Crippen molar-refractivity contribution in [1.29, 1.82) is 0 Å². The molecule has 5 rings (SSSR count). The van der Waals surface area contributed by atoms with Gasteiger partial charge >= 0.3 is 5.97 Å². The summed E-state index contributed by atoms with van der Waals surface area (Å²) in [6, 6.07) is 10.3. The molecule has 0 aromatic heterocycles. The van der Waals surface area contributed by atoms with Gasteiger partial charge in [-0.3, -0.25) is 24.2 Å². The summed E-state index contributed by atoms with van der Waals surface area (Å²) in [6.45, 7) is 8.78. The van der Waals surface area contributed by atoms with E-state index in [4.69, 9.17) is 33.5 Å². The zero-order valence-corrected chi connectivity index (χ0v) is 24.9. The van der Waals surface area contributed by atoms with Crippen molar-refractivity contribution in [3.8, 4) is 34.5 Å². The van der Waals surface area contributed by atoms with Crippen molar-refractivity contribution in [2.75, 3.05) is 32.8 Å². The fourth-order valence-corrected chi connectivity index (χ4v) is 5.36. The minimum atomic E-state index is -1.06. The molecular weight excluding hydrogens is 560 g/mol. The third-order valence-electron chi connectivity index (χ3n) is 7.20. The molecule has 2 amide bonds. The van der Waals surface area contributed by atoms with Crippen LogP contribution in [0.4, 0.5) is 0 Å².